The molecular weight excluding hydrogens is 320 g/mol. The van der Waals surface area contributed by atoms with Crippen LogP contribution in [0.3, 0.4) is 0 Å². The third-order valence-electron chi connectivity index (χ3n) is 4.98. The highest BCUT2D eigenvalue weighted by molar-refractivity contribution is 6.11. The fourth-order valence-corrected chi connectivity index (χ4v) is 3.58. The minimum absolute atomic E-state index is 0.0408. The first-order valence-corrected chi connectivity index (χ1v) is 9.02. The number of hydrogen-bond acceptors (Lipinski definition) is 2. The predicted octanol–water partition coefficient (Wildman–Crippen LogP) is 5.33. The number of benzene rings is 3. The van der Waals surface area contributed by atoms with Crippen LogP contribution in [0.25, 0.3) is 0 Å². The summed E-state index contributed by atoms with van der Waals surface area (Å²) in [5, 5.41) is 3.58. The first-order valence-electron chi connectivity index (χ1n) is 9.02. The van der Waals surface area contributed by atoms with Crippen LogP contribution in [0.1, 0.15) is 40.1 Å². The Hall–Kier alpha value is -3.07. The number of nitrogens with zero attached hydrogens (tertiary/aromatic N) is 1. The summed E-state index contributed by atoms with van der Waals surface area (Å²) in [6, 6.07) is 24.3. The Kier molecular flexibility index (Phi) is 4.21. The summed E-state index contributed by atoms with van der Waals surface area (Å²) in [6.07, 6.45) is 0.768. The van der Waals surface area contributed by atoms with Crippen LogP contribution >= 0.6 is 0 Å². The molecule has 0 saturated heterocycles. The van der Waals surface area contributed by atoms with Gasteiger partial charge in [-0.2, -0.15) is 0 Å². The van der Waals surface area contributed by atoms with E-state index in [9.17, 15) is 4.79 Å². The Bertz CT molecular complexity index is 964. The lowest BCUT2D eigenvalue weighted by molar-refractivity contribution is 0.0993. The molecule has 26 heavy (non-hydrogen) atoms. The van der Waals surface area contributed by atoms with Crippen molar-refractivity contribution < 1.29 is 4.79 Å². The maximum absolute atomic E-state index is 13.2. The van der Waals surface area contributed by atoms with Crippen molar-refractivity contribution in [3.8, 4) is 0 Å². The molecule has 1 heterocycles. The van der Waals surface area contributed by atoms with Crippen molar-refractivity contribution in [1.82, 2.24) is 0 Å². The lowest BCUT2D eigenvalue weighted by Crippen LogP contribution is -2.32. The van der Waals surface area contributed by atoms with Crippen LogP contribution in [0.2, 0.25) is 0 Å². The van der Waals surface area contributed by atoms with Crippen LogP contribution in [0.5, 0.6) is 0 Å². The van der Waals surface area contributed by atoms with Gasteiger partial charge in [-0.05, 0) is 48.7 Å². The molecule has 1 aliphatic heterocycles. The highest BCUT2D eigenvalue weighted by Gasteiger charge is 2.38. The van der Waals surface area contributed by atoms with Crippen molar-refractivity contribution in [1.29, 1.82) is 0 Å². The molecule has 1 amide bonds. The zero-order valence-corrected chi connectivity index (χ0v) is 15.1. The van der Waals surface area contributed by atoms with Gasteiger partial charge in [0, 0.05) is 22.5 Å². The maximum Gasteiger partial charge on any atom is 0.260 e. The lowest BCUT2D eigenvalue weighted by atomic mass is 10.1. The molecule has 0 saturated carbocycles. The number of nitrogens with one attached hydrogen (secondary N) is 1. The van der Waals surface area contributed by atoms with Gasteiger partial charge in [0.05, 0.1) is 0 Å². The summed E-state index contributed by atoms with van der Waals surface area (Å²) in [5.41, 5.74) is 6.11. The number of carbonyl (C=O) groups is 1. The molecule has 0 aromatic heterocycles. The van der Waals surface area contributed by atoms with Gasteiger partial charge in [0.15, 0.2) is 0 Å². The number of aryl methyl sites for hydroxylation is 2. The Morgan fingerprint density at radius 1 is 0.962 bits per heavy atom. The number of amides is 1. The van der Waals surface area contributed by atoms with Crippen LogP contribution in [-0.2, 0) is 6.42 Å². The van der Waals surface area contributed by atoms with Crippen LogP contribution in [0, 0.1) is 6.92 Å². The number of hydrogen-bond donors (Lipinski definition) is 1. The standard InChI is InChI=1S/C23H22N2O/c1-3-17-10-8-11-18(15-17)24-22-19-12-5-6-13-20(19)23(26)25(22)21-14-7-4-9-16(21)2/h4-15,22,24H,3H2,1-2H3/t22-/m0/s1. The van der Waals surface area contributed by atoms with Crippen LogP contribution in [0.4, 0.5) is 11.4 Å². The topological polar surface area (TPSA) is 32.3 Å². The number of carbonyl (C=O) groups excluding carboxylic acids is 1. The summed E-state index contributed by atoms with van der Waals surface area (Å²) in [6.45, 7) is 4.19. The van der Waals surface area contributed by atoms with E-state index in [-0.39, 0.29) is 12.1 Å². The second-order valence-electron chi connectivity index (χ2n) is 6.65. The quantitative estimate of drug-likeness (QED) is 0.695. The predicted molar refractivity (Wildman–Crippen MR) is 107 cm³/mol. The van der Waals surface area contributed by atoms with Gasteiger partial charge in [-0.1, -0.05) is 55.5 Å². The molecule has 0 unspecified atom stereocenters. The van der Waals surface area contributed by atoms with Crippen molar-refractivity contribution in [2.24, 2.45) is 0 Å². The Labute approximate surface area is 154 Å². The van der Waals surface area contributed by atoms with Gasteiger partial charge in [-0.25, -0.2) is 0 Å². The second kappa shape index (κ2) is 6.68. The third kappa shape index (κ3) is 2.76. The van der Waals surface area contributed by atoms with Gasteiger partial charge < -0.3 is 5.32 Å². The molecule has 1 N–H and O–H groups in total. The first kappa shape index (κ1) is 16.4. The van der Waals surface area contributed by atoms with Crippen LogP contribution < -0.4 is 10.2 Å². The van der Waals surface area contributed by atoms with Crippen molar-refractivity contribution in [3.05, 3.63) is 95.1 Å². The van der Waals surface area contributed by atoms with Gasteiger partial charge in [0.2, 0.25) is 0 Å². The van der Waals surface area contributed by atoms with E-state index in [2.05, 4.69) is 36.5 Å². The second-order valence-corrected chi connectivity index (χ2v) is 6.65. The minimum Gasteiger partial charge on any atom is -0.361 e. The zero-order valence-electron chi connectivity index (χ0n) is 15.1. The highest BCUT2D eigenvalue weighted by Crippen LogP contribution is 2.39. The minimum atomic E-state index is -0.216. The van der Waals surface area contributed by atoms with Gasteiger partial charge in [0.25, 0.3) is 5.91 Å². The van der Waals surface area contributed by atoms with E-state index < -0.39 is 0 Å². The highest BCUT2D eigenvalue weighted by atomic mass is 16.2. The molecule has 130 valence electrons. The fraction of sp³-hybridized carbons (Fsp3) is 0.174. The van der Waals surface area contributed by atoms with Crippen LogP contribution in [-0.4, -0.2) is 5.91 Å². The largest absolute Gasteiger partial charge is 0.361 e. The molecule has 3 aromatic rings. The molecule has 4 rings (SSSR count). The van der Waals surface area contributed by atoms with Crippen LogP contribution in [0.15, 0.2) is 72.8 Å². The molecule has 1 atom stereocenters. The number of rotatable bonds is 4. The molecule has 0 radical (unpaired) electrons. The van der Waals surface area contributed by atoms with E-state index >= 15 is 0 Å². The molecule has 3 aromatic carbocycles. The molecule has 0 bridgehead atoms. The Morgan fingerprint density at radius 3 is 2.54 bits per heavy atom. The van der Waals surface area contributed by atoms with Crippen molar-refractivity contribution >= 4 is 17.3 Å². The van der Waals surface area contributed by atoms with E-state index in [0.717, 1.165) is 34.5 Å². The number of para-hydroxylation sites is 1. The normalized spacial score (nSPS) is 15.8. The number of fused-ring (bicyclic) bond motifs is 1. The average Bonchev–Trinajstić information content (AvgIpc) is 2.95. The van der Waals surface area contributed by atoms with E-state index in [0.29, 0.717) is 0 Å². The summed E-state index contributed by atoms with van der Waals surface area (Å²) < 4.78 is 0. The Morgan fingerprint density at radius 2 is 1.73 bits per heavy atom. The van der Waals surface area contributed by atoms with Gasteiger partial charge in [-0.3, -0.25) is 9.69 Å². The summed E-state index contributed by atoms with van der Waals surface area (Å²) in [5.74, 6) is 0.0408. The summed E-state index contributed by atoms with van der Waals surface area (Å²) in [4.78, 5) is 15.0. The SMILES string of the molecule is CCc1cccc(N[C@@H]2c3ccccc3C(=O)N2c2ccccc2C)c1. The van der Waals surface area contributed by atoms with Crippen molar-refractivity contribution in [3.63, 3.8) is 0 Å². The zero-order chi connectivity index (χ0) is 18.1. The molecule has 3 heteroatoms. The fourth-order valence-electron chi connectivity index (χ4n) is 3.58. The van der Waals surface area contributed by atoms with E-state index in [1.54, 1.807) is 0 Å². The van der Waals surface area contributed by atoms with E-state index in [1.165, 1.54) is 5.56 Å². The Balaban J connectivity index is 1.80. The third-order valence-corrected chi connectivity index (χ3v) is 4.98. The molecule has 1 aliphatic rings. The molecule has 3 nitrogen and oxygen atoms in total. The molecular formula is C23H22N2O. The van der Waals surface area contributed by atoms with E-state index in [1.807, 2.05) is 60.4 Å². The molecule has 0 spiro atoms. The smallest absolute Gasteiger partial charge is 0.260 e. The van der Waals surface area contributed by atoms with Gasteiger partial charge in [0.1, 0.15) is 6.17 Å². The lowest BCUT2D eigenvalue weighted by Gasteiger charge is -2.28. The average molecular weight is 342 g/mol. The van der Waals surface area contributed by atoms with Gasteiger partial charge >= 0.3 is 0 Å². The maximum atomic E-state index is 13.2. The van der Waals surface area contributed by atoms with E-state index in [4.69, 9.17) is 0 Å². The molecule has 0 aliphatic carbocycles. The molecule has 0 fully saturated rings. The summed E-state index contributed by atoms with van der Waals surface area (Å²) in [7, 11) is 0. The number of anilines is 2. The summed E-state index contributed by atoms with van der Waals surface area (Å²) >= 11 is 0. The van der Waals surface area contributed by atoms with Crippen molar-refractivity contribution in [2.45, 2.75) is 26.4 Å². The first-order chi connectivity index (χ1) is 12.7. The monoisotopic (exact) mass is 342 g/mol. The van der Waals surface area contributed by atoms with Crippen molar-refractivity contribution in [2.75, 3.05) is 10.2 Å². The van der Waals surface area contributed by atoms with Gasteiger partial charge in [-0.15, -0.1) is 0 Å².